The summed E-state index contributed by atoms with van der Waals surface area (Å²) in [5.74, 6) is 0. The molecule has 1 heterocycles. The maximum Gasteiger partial charge on any atom is 0.0476 e. The lowest BCUT2D eigenvalue weighted by Gasteiger charge is -2.35. The van der Waals surface area contributed by atoms with Crippen LogP contribution in [0.1, 0.15) is 74.6 Å². The summed E-state index contributed by atoms with van der Waals surface area (Å²) in [5, 5.41) is 2.66. The number of benzene rings is 7. The van der Waals surface area contributed by atoms with Crippen LogP contribution in [-0.2, 0) is 10.8 Å². The zero-order valence-corrected chi connectivity index (χ0v) is 32.0. The molecule has 1 fully saturated rings. The first kappa shape index (κ1) is 33.2. The third-order valence-corrected chi connectivity index (χ3v) is 13.7. The summed E-state index contributed by atoms with van der Waals surface area (Å²) in [6.07, 6.45) is 7.60. The maximum absolute atomic E-state index is 2.49. The van der Waals surface area contributed by atoms with E-state index in [1.165, 1.54) is 120 Å². The van der Waals surface area contributed by atoms with Crippen LogP contribution < -0.4 is 4.90 Å². The highest BCUT2D eigenvalue weighted by molar-refractivity contribution is 7.26. The lowest BCUT2D eigenvalue weighted by Crippen LogP contribution is -2.27. The molecule has 0 radical (unpaired) electrons. The van der Waals surface area contributed by atoms with Crippen molar-refractivity contribution in [3.05, 3.63) is 186 Å². The molecule has 0 spiro atoms. The monoisotopic (exact) mass is 715 g/mol. The average molecular weight is 716 g/mol. The molecule has 0 amide bonds. The van der Waals surface area contributed by atoms with E-state index in [0.717, 1.165) is 0 Å². The highest BCUT2D eigenvalue weighted by Gasteiger charge is 2.37. The van der Waals surface area contributed by atoms with Gasteiger partial charge in [0.1, 0.15) is 0 Å². The summed E-state index contributed by atoms with van der Waals surface area (Å²) >= 11 is 1.90. The second-order valence-electron chi connectivity index (χ2n) is 16.0. The summed E-state index contributed by atoms with van der Waals surface area (Å²) in [5.41, 5.74) is 14.5. The Morgan fingerprint density at radius 3 is 1.85 bits per heavy atom. The average Bonchev–Trinajstić information content (AvgIpc) is 3.56. The molecule has 1 aromatic heterocycles. The van der Waals surface area contributed by atoms with Crippen molar-refractivity contribution in [3.8, 4) is 22.3 Å². The smallest absolute Gasteiger partial charge is 0.0476 e. The van der Waals surface area contributed by atoms with Gasteiger partial charge in [-0.2, -0.15) is 0 Å². The van der Waals surface area contributed by atoms with Crippen LogP contribution in [0.2, 0.25) is 0 Å². The quantitative estimate of drug-likeness (QED) is 0.155. The first-order valence-electron chi connectivity index (χ1n) is 19.7. The molecular formula is C52H45NS. The molecule has 1 saturated carbocycles. The third kappa shape index (κ3) is 5.34. The normalized spacial score (nSPS) is 15.8. The van der Waals surface area contributed by atoms with Crippen LogP contribution in [0, 0.1) is 0 Å². The van der Waals surface area contributed by atoms with E-state index < -0.39 is 0 Å². The van der Waals surface area contributed by atoms with Crippen molar-refractivity contribution in [2.24, 2.45) is 0 Å². The summed E-state index contributed by atoms with van der Waals surface area (Å²) in [6.45, 7) is 4.73. The zero-order valence-electron chi connectivity index (χ0n) is 31.2. The van der Waals surface area contributed by atoms with Gasteiger partial charge in [0.05, 0.1) is 0 Å². The second kappa shape index (κ2) is 13.1. The van der Waals surface area contributed by atoms with Gasteiger partial charge in [-0.05, 0) is 99.8 Å². The van der Waals surface area contributed by atoms with Gasteiger partial charge in [-0.15, -0.1) is 11.3 Å². The molecule has 0 aliphatic heterocycles. The van der Waals surface area contributed by atoms with Crippen molar-refractivity contribution in [3.63, 3.8) is 0 Å². The predicted octanol–water partition coefficient (Wildman–Crippen LogP) is 15.1. The van der Waals surface area contributed by atoms with Crippen LogP contribution >= 0.6 is 11.3 Å². The fourth-order valence-corrected chi connectivity index (χ4v) is 11.0. The molecule has 10 rings (SSSR count). The van der Waals surface area contributed by atoms with Crippen LogP contribution in [0.4, 0.5) is 17.1 Å². The fourth-order valence-electron chi connectivity index (χ4n) is 9.87. The summed E-state index contributed by atoms with van der Waals surface area (Å²) in [6, 6.07) is 61.8. The molecule has 54 heavy (non-hydrogen) atoms. The Labute approximate surface area is 323 Å². The molecule has 0 unspecified atom stereocenters. The van der Waals surface area contributed by atoms with Crippen LogP contribution in [0.15, 0.2) is 164 Å². The first-order valence-corrected chi connectivity index (χ1v) is 20.5. The number of thiophene rings is 1. The Balaban J connectivity index is 1.14. The maximum atomic E-state index is 2.49. The molecule has 0 bridgehead atoms. The highest BCUT2D eigenvalue weighted by atomic mass is 32.1. The van der Waals surface area contributed by atoms with E-state index in [2.05, 4.69) is 183 Å². The zero-order chi connectivity index (χ0) is 36.3. The standard InChI is InChI=1S/C52H45NS/c1-51(2)46-22-12-11-20-43(46)45-34-40(29-31-47(45)51)53(39-26-24-38(25-27-39)52(32-13-3-4-14-33-52)37-18-9-6-10-19-37)41-28-30-44-49(35-41)54-48-23-15-21-42(50(44)48)36-16-7-5-8-17-36/h5-12,15-31,34-35H,3-4,13-14,32-33H2,1-2H3. The SMILES string of the molecule is CC1(C)c2ccccc2-c2cc(N(c3ccc(C4(c5ccccc5)CCCCCC4)cc3)c3ccc4c(c3)sc3cccc(-c5ccccc5)c34)ccc21. The lowest BCUT2D eigenvalue weighted by molar-refractivity contribution is 0.446. The predicted molar refractivity (Wildman–Crippen MR) is 232 cm³/mol. The summed E-state index contributed by atoms with van der Waals surface area (Å²) < 4.78 is 2.63. The molecule has 0 saturated heterocycles. The molecule has 2 aliphatic rings. The Kier molecular flexibility index (Phi) is 8.07. The van der Waals surface area contributed by atoms with Gasteiger partial charge in [0.25, 0.3) is 0 Å². The number of nitrogens with zero attached hydrogens (tertiary/aromatic N) is 1. The number of hydrogen-bond donors (Lipinski definition) is 0. The van der Waals surface area contributed by atoms with Crippen molar-refractivity contribution < 1.29 is 0 Å². The topological polar surface area (TPSA) is 3.24 Å². The highest BCUT2D eigenvalue weighted by Crippen LogP contribution is 2.52. The van der Waals surface area contributed by atoms with E-state index >= 15 is 0 Å². The van der Waals surface area contributed by atoms with Gasteiger partial charge in [0.2, 0.25) is 0 Å². The van der Waals surface area contributed by atoms with Gasteiger partial charge >= 0.3 is 0 Å². The van der Waals surface area contributed by atoms with Crippen LogP contribution in [0.3, 0.4) is 0 Å². The Morgan fingerprint density at radius 2 is 1.07 bits per heavy atom. The van der Waals surface area contributed by atoms with Gasteiger partial charge < -0.3 is 4.90 Å². The summed E-state index contributed by atoms with van der Waals surface area (Å²) in [4.78, 5) is 2.49. The van der Waals surface area contributed by atoms with Crippen molar-refractivity contribution >= 4 is 48.6 Å². The van der Waals surface area contributed by atoms with Gasteiger partial charge in [0, 0.05) is 48.1 Å². The van der Waals surface area contributed by atoms with E-state index in [4.69, 9.17) is 0 Å². The molecule has 2 heteroatoms. The van der Waals surface area contributed by atoms with Crippen LogP contribution in [0.25, 0.3) is 42.4 Å². The summed E-state index contributed by atoms with van der Waals surface area (Å²) in [7, 11) is 0. The van der Waals surface area contributed by atoms with Crippen molar-refractivity contribution in [1.82, 2.24) is 0 Å². The van der Waals surface area contributed by atoms with E-state index in [1.807, 2.05) is 11.3 Å². The minimum Gasteiger partial charge on any atom is -0.310 e. The van der Waals surface area contributed by atoms with Crippen LogP contribution in [-0.4, -0.2) is 0 Å². The lowest BCUT2D eigenvalue weighted by atomic mass is 9.69. The van der Waals surface area contributed by atoms with Crippen molar-refractivity contribution in [2.75, 3.05) is 4.90 Å². The molecular weight excluding hydrogens is 671 g/mol. The second-order valence-corrected chi connectivity index (χ2v) is 17.1. The van der Waals surface area contributed by atoms with Gasteiger partial charge in [0.15, 0.2) is 0 Å². The third-order valence-electron chi connectivity index (χ3n) is 12.6. The molecule has 0 atom stereocenters. The molecule has 0 N–H and O–H groups in total. The Hall–Kier alpha value is -5.44. The number of hydrogen-bond acceptors (Lipinski definition) is 2. The molecule has 7 aromatic carbocycles. The minimum atomic E-state index is -0.0339. The molecule has 2 aliphatic carbocycles. The van der Waals surface area contributed by atoms with E-state index in [-0.39, 0.29) is 10.8 Å². The number of anilines is 3. The Bertz CT molecular complexity index is 2620. The van der Waals surface area contributed by atoms with Gasteiger partial charge in [-0.1, -0.05) is 161 Å². The first-order chi connectivity index (χ1) is 26.5. The largest absolute Gasteiger partial charge is 0.310 e. The number of rotatable bonds is 6. The van der Waals surface area contributed by atoms with Crippen molar-refractivity contribution in [2.45, 2.75) is 63.2 Å². The molecule has 1 nitrogen and oxygen atoms in total. The Morgan fingerprint density at radius 1 is 0.463 bits per heavy atom. The van der Waals surface area contributed by atoms with Crippen LogP contribution in [0.5, 0.6) is 0 Å². The van der Waals surface area contributed by atoms with Gasteiger partial charge in [-0.25, -0.2) is 0 Å². The van der Waals surface area contributed by atoms with E-state index in [9.17, 15) is 0 Å². The number of fused-ring (bicyclic) bond motifs is 6. The van der Waals surface area contributed by atoms with E-state index in [0.29, 0.717) is 0 Å². The van der Waals surface area contributed by atoms with E-state index in [1.54, 1.807) is 0 Å². The van der Waals surface area contributed by atoms with Gasteiger partial charge in [-0.3, -0.25) is 0 Å². The molecule has 8 aromatic rings. The fraction of sp³-hybridized carbons (Fsp3) is 0.192. The molecule has 264 valence electrons. The minimum absolute atomic E-state index is 0.0339. The van der Waals surface area contributed by atoms with Crippen molar-refractivity contribution in [1.29, 1.82) is 0 Å².